The van der Waals surface area contributed by atoms with E-state index < -0.39 is 0 Å². The lowest BCUT2D eigenvalue weighted by Crippen LogP contribution is -2.22. The van der Waals surface area contributed by atoms with Gasteiger partial charge in [0, 0.05) is 5.75 Å². The first-order valence-electron chi connectivity index (χ1n) is 8.84. The van der Waals surface area contributed by atoms with Gasteiger partial charge in [-0.05, 0) is 42.3 Å². The Morgan fingerprint density at radius 3 is 2.62 bits per heavy atom. The van der Waals surface area contributed by atoms with E-state index in [9.17, 15) is 4.79 Å². The van der Waals surface area contributed by atoms with Crippen LogP contribution in [0.3, 0.4) is 0 Å². The zero-order chi connectivity index (χ0) is 20.4. The molecule has 2 heterocycles. The lowest BCUT2D eigenvalue weighted by molar-refractivity contribution is 0.354. The highest BCUT2D eigenvalue weighted by atomic mass is 32.2. The van der Waals surface area contributed by atoms with Crippen molar-refractivity contribution < 1.29 is 9.47 Å². The number of benzene rings is 2. The van der Waals surface area contributed by atoms with Gasteiger partial charge in [-0.3, -0.25) is 4.79 Å². The van der Waals surface area contributed by atoms with E-state index in [-0.39, 0.29) is 5.56 Å². The number of hydrogen-bond donors (Lipinski definition) is 1. The summed E-state index contributed by atoms with van der Waals surface area (Å²) in [7, 11) is 3.22. The van der Waals surface area contributed by atoms with E-state index in [1.165, 1.54) is 22.7 Å². The van der Waals surface area contributed by atoms with Crippen LogP contribution < -0.4 is 15.0 Å². The molecular formula is C20H19N5O3S. The van der Waals surface area contributed by atoms with Crippen LogP contribution in [0.2, 0.25) is 0 Å². The number of fused-ring (bicyclic) bond motifs is 1. The minimum absolute atomic E-state index is 0.195. The van der Waals surface area contributed by atoms with Gasteiger partial charge in [0.25, 0.3) is 5.56 Å². The number of aromatic nitrogens is 5. The van der Waals surface area contributed by atoms with Gasteiger partial charge in [0.1, 0.15) is 6.33 Å². The van der Waals surface area contributed by atoms with Crippen LogP contribution in [0.1, 0.15) is 11.1 Å². The highest BCUT2D eigenvalue weighted by Crippen LogP contribution is 2.33. The van der Waals surface area contributed by atoms with E-state index in [4.69, 9.17) is 14.5 Å². The third kappa shape index (κ3) is 3.56. The van der Waals surface area contributed by atoms with Crippen molar-refractivity contribution >= 4 is 22.7 Å². The third-order valence-corrected chi connectivity index (χ3v) is 5.55. The molecule has 2 aromatic heterocycles. The van der Waals surface area contributed by atoms with Gasteiger partial charge in [-0.1, -0.05) is 23.9 Å². The zero-order valence-corrected chi connectivity index (χ0v) is 17.0. The molecule has 0 bridgehead atoms. The highest BCUT2D eigenvalue weighted by Gasteiger charge is 2.16. The van der Waals surface area contributed by atoms with Gasteiger partial charge in [0.15, 0.2) is 16.7 Å². The van der Waals surface area contributed by atoms with Crippen molar-refractivity contribution in [3.05, 3.63) is 64.2 Å². The first kappa shape index (κ1) is 19.0. The van der Waals surface area contributed by atoms with E-state index in [1.54, 1.807) is 20.3 Å². The summed E-state index contributed by atoms with van der Waals surface area (Å²) >= 11 is 1.44. The summed E-state index contributed by atoms with van der Waals surface area (Å²) in [4.78, 5) is 21.9. The number of aryl methyl sites for hydroxylation is 1. The molecule has 2 aromatic carbocycles. The number of methoxy groups -OCH3 is 2. The summed E-state index contributed by atoms with van der Waals surface area (Å²) in [6.45, 7) is 2.01. The number of hydrogen-bond acceptors (Lipinski definition) is 7. The quantitative estimate of drug-likeness (QED) is 0.386. The Kier molecular flexibility index (Phi) is 5.22. The van der Waals surface area contributed by atoms with Crippen molar-refractivity contribution in [3.8, 4) is 17.4 Å². The molecule has 0 saturated heterocycles. The summed E-state index contributed by atoms with van der Waals surface area (Å²) in [5, 5.41) is 7.68. The van der Waals surface area contributed by atoms with Crippen LogP contribution in [0, 0.1) is 6.92 Å². The Bertz CT molecular complexity index is 1220. The Labute approximate surface area is 170 Å². The fourth-order valence-corrected chi connectivity index (χ4v) is 4.08. The van der Waals surface area contributed by atoms with Crippen LogP contribution in [0.5, 0.6) is 11.5 Å². The molecule has 0 atom stereocenters. The Hall–Kier alpha value is -3.33. The van der Waals surface area contributed by atoms with Gasteiger partial charge >= 0.3 is 0 Å². The van der Waals surface area contributed by atoms with E-state index >= 15 is 0 Å². The Morgan fingerprint density at radius 1 is 1.14 bits per heavy atom. The Balaban J connectivity index is 1.77. The summed E-state index contributed by atoms with van der Waals surface area (Å²) in [6.07, 6.45) is 1.36. The minimum Gasteiger partial charge on any atom is -0.493 e. The maximum absolute atomic E-state index is 13.1. The summed E-state index contributed by atoms with van der Waals surface area (Å²) in [5.74, 6) is 2.26. The second-order valence-corrected chi connectivity index (χ2v) is 7.23. The number of nitrogens with one attached hydrogen (secondary N) is 1. The molecule has 29 heavy (non-hydrogen) atoms. The molecule has 148 valence electrons. The van der Waals surface area contributed by atoms with Crippen molar-refractivity contribution in [2.24, 2.45) is 0 Å². The van der Waals surface area contributed by atoms with Crippen LogP contribution in [-0.2, 0) is 5.75 Å². The second kappa shape index (κ2) is 7.96. The Morgan fingerprint density at radius 2 is 1.90 bits per heavy atom. The van der Waals surface area contributed by atoms with Gasteiger partial charge < -0.3 is 9.47 Å². The molecule has 4 rings (SSSR count). The molecule has 0 aliphatic heterocycles. The second-order valence-electron chi connectivity index (χ2n) is 6.28. The largest absolute Gasteiger partial charge is 0.493 e. The van der Waals surface area contributed by atoms with E-state index in [0.29, 0.717) is 39.3 Å². The average molecular weight is 409 g/mol. The maximum Gasteiger partial charge on any atom is 0.269 e. The molecule has 0 saturated carbocycles. The van der Waals surface area contributed by atoms with Crippen molar-refractivity contribution in [2.45, 2.75) is 17.8 Å². The van der Waals surface area contributed by atoms with Gasteiger partial charge in [-0.15, -0.1) is 0 Å². The summed E-state index contributed by atoms with van der Waals surface area (Å²) in [5.41, 5.74) is 2.56. The fraction of sp³-hybridized carbons (Fsp3) is 0.200. The van der Waals surface area contributed by atoms with E-state index in [0.717, 1.165) is 11.1 Å². The maximum atomic E-state index is 13.1. The first-order valence-corrected chi connectivity index (χ1v) is 9.82. The molecule has 0 unspecified atom stereocenters. The molecule has 0 amide bonds. The standard InChI is InChI=1S/C20H19N5O3S/c1-12-8-16(27-2)17(28-3)9-13(12)10-29-20-23-15-7-5-4-6-14(15)18(26)25(20)19-21-11-22-24-19/h4-9,11H,10H2,1-3H3,(H,21,22,24). The molecule has 9 heteroatoms. The van der Waals surface area contributed by atoms with Gasteiger partial charge in [0.2, 0.25) is 5.95 Å². The molecule has 4 aromatic rings. The molecule has 0 radical (unpaired) electrons. The van der Waals surface area contributed by atoms with E-state index in [2.05, 4.69) is 15.2 Å². The van der Waals surface area contributed by atoms with Crippen LogP contribution in [0.15, 0.2) is 52.7 Å². The zero-order valence-electron chi connectivity index (χ0n) is 16.2. The predicted molar refractivity (Wildman–Crippen MR) is 111 cm³/mol. The summed E-state index contributed by atoms with van der Waals surface area (Å²) in [6, 6.07) is 11.1. The van der Waals surface area contributed by atoms with Crippen LogP contribution in [0.25, 0.3) is 16.9 Å². The predicted octanol–water partition coefficient (Wildman–Crippen LogP) is 3.12. The molecule has 0 spiro atoms. The van der Waals surface area contributed by atoms with Crippen LogP contribution >= 0.6 is 11.8 Å². The first-order chi connectivity index (χ1) is 14.1. The third-order valence-electron chi connectivity index (χ3n) is 4.56. The minimum atomic E-state index is -0.195. The average Bonchev–Trinajstić information content (AvgIpc) is 3.27. The van der Waals surface area contributed by atoms with Crippen LogP contribution in [0.4, 0.5) is 0 Å². The SMILES string of the molecule is COc1cc(C)c(CSc2nc3ccccc3c(=O)n2-c2ncn[nH]2)cc1OC. The number of aromatic amines is 1. The lowest BCUT2D eigenvalue weighted by Gasteiger charge is -2.14. The molecule has 0 aliphatic carbocycles. The van der Waals surface area contributed by atoms with Gasteiger partial charge in [-0.25, -0.2) is 14.6 Å². The highest BCUT2D eigenvalue weighted by molar-refractivity contribution is 7.98. The van der Waals surface area contributed by atoms with Crippen molar-refractivity contribution in [3.63, 3.8) is 0 Å². The van der Waals surface area contributed by atoms with Gasteiger partial charge in [0.05, 0.1) is 25.1 Å². The monoisotopic (exact) mass is 409 g/mol. The molecule has 0 aliphatic rings. The fourth-order valence-electron chi connectivity index (χ4n) is 3.02. The van der Waals surface area contributed by atoms with Crippen molar-refractivity contribution in [2.75, 3.05) is 14.2 Å². The molecule has 8 nitrogen and oxygen atoms in total. The van der Waals surface area contributed by atoms with E-state index in [1.807, 2.05) is 37.3 Å². The van der Waals surface area contributed by atoms with Crippen molar-refractivity contribution in [1.82, 2.24) is 24.7 Å². The topological polar surface area (TPSA) is 94.9 Å². The number of thioether (sulfide) groups is 1. The number of para-hydroxylation sites is 1. The lowest BCUT2D eigenvalue weighted by atomic mass is 10.1. The number of H-pyrrole nitrogens is 1. The normalized spacial score (nSPS) is 11.0. The molecule has 1 N–H and O–H groups in total. The smallest absolute Gasteiger partial charge is 0.269 e. The number of rotatable bonds is 6. The van der Waals surface area contributed by atoms with Crippen molar-refractivity contribution in [1.29, 1.82) is 0 Å². The summed E-state index contributed by atoms with van der Waals surface area (Å²) < 4.78 is 12.2. The van der Waals surface area contributed by atoms with Gasteiger partial charge in [-0.2, -0.15) is 10.1 Å². The molecule has 0 fully saturated rings. The van der Waals surface area contributed by atoms with Crippen LogP contribution in [-0.4, -0.2) is 39.0 Å². The molecular weight excluding hydrogens is 390 g/mol. The number of nitrogens with zero attached hydrogens (tertiary/aromatic N) is 4. The number of ether oxygens (including phenoxy) is 2.